The first kappa shape index (κ1) is 12.9. The summed E-state index contributed by atoms with van der Waals surface area (Å²) in [4.78, 5) is 10.5. The van der Waals surface area contributed by atoms with Crippen LogP contribution in [0.15, 0.2) is 12.1 Å². The molecule has 0 atom stereocenters. The van der Waals surface area contributed by atoms with Crippen LogP contribution < -0.4 is 5.32 Å². The van der Waals surface area contributed by atoms with Crippen molar-refractivity contribution in [1.82, 2.24) is 9.97 Å². The third-order valence-corrected chi connectivity index (χ3v) is 4.55. The highest BCUT2D eigenvalue weighted by Crippen LogP contribution is 2.32. The molecule has 0 amide bonds. The number of halogens is 1. The van der Waals surface area contributed by atoms with Crippen molar-refractivity contribution in [2.45, 2.75) is 32.6 Å². The van der Waals surface area contributed by atoms with E-state index in [1.54, 1.807) is 0 Å². The van der Waals surface area contributed by atoms with Crippen LogP contribution in [0.1, 0.15) is 31.0 Å². The Labute approximate surface area is 122 Å². The van der Waals surface area contributed by atoms with Crippen molar-refractivity contribution < 1.29 is 0 Å². The zero-order chi connectivity index (χ0) is 13.2. The van der Waals surface area contributed by atoms with Crippen LogP contribution >= 0.6 is 22.9 Å². The number of hydrogen-bond acceptors (Lipinski definition) is 4. The Hall–Kier alpha value is -1.13. The van der Waals surface area contributed by atoms with E-state index in [0.717, 1.165) is 40.2 Å². The molecule has 100 valence electrons. The van der Waals surface area contributed by atoms with Gasteiger partial charge in [0.05, 0.1) is 9.21 Å². The van der Waals surface area contributed by atoms with Crippen LogP contribution in [0, 0.1) is 0 Å². The van der Waals surface area contributed by atoms with Crippen molar-refractivity contribution >= 4 is 28.8 Å². The molecule has 0 aliphatic heterocycles. The number of nitrogens with one attached hydrogen (secondary N) is 1. The number of nitrogens with zero attached hydrogens (tertiary/aromatic N) is 2. The first-order valence-corrected chi connectivity index (χ1v) is 7.86. The Morgan fingerprint density at radius 3 is 2.84 bits per heavy atom. The second kappa shape index (κ2) is 5.47. The Morgan fingerprint density at radius 1 is 1.26 bits per heavy atom. The van der Waals surface area contributed by atoms with E-state index in [1.165, 1.54) is 35.4 Å². The van der Waals surface area contributed by atoms with Gasteiger partial charge in [0.2, 0.25) is 0 Å². The molecule has 0 saturated heterocycles. The van der Waals surface area contributed by atoms with Crippen LogP contribution in [-0.4, -0.2) is 16.5 Å². The highest BCUT2D eigenvalue weighted by molar-refractivity contribution is 7.19. The third kappa shape index (κ3) is 2.60. The van der Waals surface area contributed by atoms with Gasteiger partial charge in [0.1, 0.15) is 5.82 Å². The van der Waals surface area contributed by atoms with E-state index < -0.39 is 0 Å². The van der Waals surface area contributed by atoms with Gasteiger partial charge in [-0.3, -0.25) is 0 Å². The normalized spacial score (nSPS) is 14.2. The molecular formula is C14H16ClN3S. The van der Waals surface area contributed by atoms with Gasteiger partial charge in [0, 0.05) is 17.8 Å². The summed E-state index contributed by atoms with van der Waals surface area (Å²) < 4.78 is 0.779. The minimum absolute atomic E-state index is 0.779. The van der Waals surface area contributed by atoms with E-state index in [0.29, 0.717) is 0 Å². The SMILES string of the molecule is CCNc1nc(-c2ccc(Cl)s2)nc2c1CCCC2. The van der Waals surface area contributed by atoms with E-state index in [9.17, 15) is 0 Å². The Morgan fingerprint density at radius 2 is 2.11 bits per heavy atom. The Bertz CT molecular complexity index is 594. The van der Waals surface area contributed by atoms with Crippen LogP contribution in [0.4, 0.5) is 5.82 Å². The largest absolute Gasteiger partial charge is 0.370 e. The molecule has 19 heavy (non-hydrogen) atoms. The van der Waals surface area contributed by atoms with E-state index >= 15 is 0 Å². The predicted molar refractivity (Wildman–Crippen MR) is 81.2 cm³/mol. The van der Waals surface area contributed by atoms with Crippen LogP contribution in [0.25, 0.3) is 10.7 Å². The smallest absolute Gasteiger partial charge is 0.171 e. The minimum Gasteiger partial charge on any atom is -0.370 e. The molecule has 0 aromatic carbocycles. The summed E-state index contributed by atoms with van der Waals surface area (Å²) >= 11 is 7.53. The predicted octanol–water partition coefficient (Wildman–Crippen LogP) is 4.17. The maximum absolute atomic E-state index is 6.00. The molecule has 2 aromatic rings. The van der Waals surface area contributed by atoms with Gasteiger partial charge < -0.3 is 5.32 Å². The summed E-state index contributed by atoms with van der Waals surface area (Å²) in [7, 11) is 0. The summed E-state index contributed by atoms with van der Waals surface area (Å²) in [5.74, 6) is 1.81. The van der Waals surface area contributed by atoms with E-state index in [2.05, 4.69) is 17.2 Å². The first-order chi connectivity index (χ1) is 9.28. The monoisotopic (exact) mass is 293 g/mol. The number of anilines is 1. The summed E-state index contributed by atoms with van der Waals surface area (Å²) in [5.41, 5.74) is 2.51. The molecule has 3 nitrogen and oxygen atoms in total. The summed E-state index contributed by atoms with van der Waals surface area (Å²) in [6.45, 7) is 2.98. The van der Waals surface area contributed by atoms with Gasteiger partial charge >= 0.3 is 0 Å². The van der Waals surface area contributed by atoms with Crippen molar-refractivity contribution in [1.29, 1.82) is 0 Å². The topological polar surface area (TPSA) is 37.8 Å². The van der Waals surface area contributed by atoms with Gasteiger partial charge in [0.25, 0.3) is 0 Å². The molecule has 0 fully saturated rings. The Balaban J connectivity index is 2.08. The summed E-state index contributed by atoms with van der Waals surface area (Å²) in [6, 6.07) is 3.89. The fraction of sp³-hybridized carbons (Fsp3) is 0.429. The molecule has 0 unspecified atom stereocenters. The number of thiophene rings is 1. The Kier molecular flexibility index (Phi) is 3.71. The number of hydrogen-bond donors (Lipinski definition) is 1. The fourth-order valence-electron chi connectivity index (χ4n) is 2.45. The maximum atomic E-state index is 6.00. The lowest BCUT2D eigenvalue weighted by Gasteiger charge is -2.19. The van der Waals surface area contributed by atoms with Gasteiger partial charge in [-0.15, -0.1) is 11.3 Å². The lowest BCUT2D eigenvalue weighted by atomic mass is 9.96. The van der Waals surface area contributed by atoms with Gasteiger partial charge in [-0.05, 0) is 44.7 Å². The fourth-order valence-corrected chi connectivity index (χ4v) is 3.43. The number of aryl methyl sites for hydroxylation is 1. The average Bonchev–Trinajstić information content (AvgIpc) is 2.86. The second-order valence-corrected chi connectivity index (χ2v) is 6.38. The van der Waals surface area contributed by atoms with Gasteiger partial charge in [0.15, 0.2) is 5.82 Å². The highest BCUT2D eigenvalue weighted by atomic mass is 35.5. The minimum atomic E-state index is 0.779. The molecule has 0 radical (unpaired) electrons. The molecule has 0 saturated carbocycles. The molecule has 1 N–H and O–H groups in total. The highest BCUT2D eigenvalue weighted by Gasteiger charge is 2.18. The standard InChI is InChI=1S/C14H16ClN3S/c1-2-16-13-9-5-3-4-6-10(9)17-14(18-13)11-7-8-12(15)19-11/h7-8H,2-6H2,1H3,(H,16,17,18). The first-order valence-electron chi connectivity index (χ1n) is 6.67. The van der Waals surface area contributed by atoms with E-state index in [1.807, 2.05) is 12.1 Å². The van der Waals surface area contributed by atoms with Crippen molar-refractivity contribution in [2.75, 3.05) is 11.9 Å². The van der Waals surface area contributed by atoms with Crippen molar-refractivity contribution in [3.8, 4) is 10.7 Å². The molecule has 3 rings (SSSR count). The van der Waals surface area contributed by atoms with Crippen molar-refractivity contribution in [3.05, 3.63) is 27.7 Å². The number of rotatable bonds is 3. The molecular weight excluding hydrogens is 278 g/mol. The maximum Gasteiger partial charge on any atom is 0.171 e. The zero-order valence-corrected chi connectivity index (χ0v) is 12.4. The quantitative estimate of drug-likeness (QED) is 0.923. The van der Waals surface area contributed by atoms with Gasteiger partial charge in [-0.2, -0.15) is 0 Å². The van der Waals surface area contributed by atoms with Gasteiger partial charge in [-0.1, -0.05) is 11.6 Å². The van der Waals surface area contributed by atoms with Crippen molar-refractivity contribution in [2.24, 2.45) is 0 Å². The van der Waals surface area contributed by atoms with E-state index in [-0.39, 0.29) is 0 Å². The summed E-state index contributed by atoms with van der Waals surface area (Å²) in [5, 5.41) is 3.37. The zero-order valence-electron chi connectivity index (χ0n) is 10.9. The molecule has 1 aliphatic carbocycles. The van der Waals surface area contributed by atoms with Crippen LogP contribution in [-0.2, 0) is 12.8 Å². The second-order valence-electron chi connectivity index (χ2n) is 4.66. The number of aromatic nitrogens is 2. The van der Waals surface area contributed by atoms with Crippen LogP contribution in [0.5, 0.6) is 0 Å². The van der Waals surface area contributed by atoms with Crippen molar-refractivity contribution in [3.63, 3.8) is 0 Å². The molecule has 1 aliphatic rings. The lowest BCUT2D eigenvalue weighted by Crippen LogP contribution is -2.13. The molecule has 2 aromatic heterocycles. The average molecular weight is 294 g/mol. The van der Waals surface area contributed by atoms with E-state index in [4.69, 9.17) is 16.6 Å². The number of fused-ring (bicyclic) bond motifs is 1. The van der Waals surface area contributed by atoms with Crippen LogP contribution in [0.3, 0.4) is 0 Å². The summed E-state index contributed by atoms with van der Waals surface area (Å²) in [6.07, 6.45) is 4.60. The molecule has 0 bridgehead atoms. The van der Waals surface area contributed by atoms with Crippen LogP contribution in [0.2, 0.25) is 4.34 Å². The van der Waals surface area contributed by atoms with Gasteiger partial charge in [-0.25, -0.2) is 9.97 Å². The molecule has 5 heteroatoms. The molecule has 0 spiro atoms. The lowest BCUT2D eigenvalue weighted by molar-refractivity contribution is 0.665. The molecule has 2 heterocycles. The third-order valence-electron chi connectivity index (χ3n) is 3.32.